The van der Waals surface area contributed by atoms with E-state index in [1.165, 1.54) is 0 Å². The molecule has 5 nitrogen and oxygen atoms in total. The molecule has 0 aliphatic rings. The number of benzene rings is 1. The summed E-state index contributed by atoms with van der Waals surface area (Å²) in [5, 5.41) is 12.2. The van der Waals surface area contributed by atoms with Crippen LogP contribution in [0.1, 0.15) is 19.4 Å². The topological polar surface area (TPSA) is 68.1 Å². The van der Waals surface area contributed by atoms with Gasteiger partial charge < -0.3 is 14.3 Å². The third-order valence-corrected chi connectivity index (χ3v) is 4.21. The Kier molecular flexibility index (Phi) is 6.05. The zero-order valence-corrected chi connectivity index (χ0v) is 11.5. The van der Waals surface area contributed by atoms with Gasteiger partial charge in [-0.25, -0.2) is 0 Å². The lowest BCUT2D eigenvalue weighted by Crippen LogP contribution is -2.11. The van der Waals surface area contributed by atoms with Gasteiger partial charge in [0.25, 0.3) is 0 Å². The summed E-state index contributed by atoms with van der Waals surface area (Å²) >= 11 is 0. The van der Waals surface area contributed by atoms with Crippen molar-refractivity contribution in [1.82, 2.24) is 0 Å². The maximum atomic E-state index is 12.3. The molecule has 0 atom stereocenters. The molecule has 0 aliphatic carbocycles. The lowest BCUT2D eigenvalue weighted by molar-refractivity contribution is 0.223. The van der Waals surface area contributed by atoms with Gasteiger partial charge in [-0.2, -0.15) is 0 Å². The first-order valence-corrected chi connectivity index (χ1v) is 7.52. The van der Waals surface area contributed by atoms with Crippen LogP contribution in [0.5, 0.6) is 0 Å². The molecule has 0 amide bonds. The summed E-state index contributed by atoms with van der Waals surface area (Å²) in [6, 6.07) is 9.03. The van der Waals surface area contributed by atoms with Crippen molar-refractivity contribution >= 4 is 13.3 Å². The van der Waals surface area contributed by atoms with Gasteiger partial charge >= 0.3 is 7.60 Å². The van der Waals surface area contributed by atoms with Gasteiger partial charge in [0.2, 0.25) is 0 Å². The Bertz CT molecular complexity index is 423. The minimum absolute atomic E-state index is 0.0464. The van der Waals surface area contributed by atoms with Crippen molar-refractivity contribution in [2.75, 3.05) is 19.4 Å². The maximum Gasteiger partial charge on any atom is 0.336 e. The first-order valence-electron chi connectivity index (χ1n) is 5.79. The first kappa shape index (κ1) is 14.9. The van der Waals surface area contributed by atoms with Gasteiger partial charge in [0.15, 0.2) is 0 Å². The first-order chi connectivity index (χ1) is 8.65. The molecule has 1 N–H and O–H groups in total. The second-order valence-corrected chi connectivity index (χ2v) is 5.57. The molecule has 1 aromatic carbocycles. The maximum absolute atomic E-state index is 12.3. The van der Waals surface area contributed by atoms with E-state index in [2.05, 4.69) is 5.16 Å². The standard InChI is InChI=1S/C12H18NO4P/c1-3-16-18(15,17-4-2)10-12(13-14)11-8-6-5-7-9-11/h5-9,14H,3-4,10H2,1-2H3/b13-12-. The van der Waals surface area contributed by atoms with Gasteiger partial charge in [-0.1, -0.05) is 35.5 Å². The van der Waals surface area contributed by atoms with Crippen LogP contribution in [0.4, 0.5) is 0 Å². The number of nitrogens with zero attached hydrogens (tertiary/aromatic N) is 1. The van der Waals surface area contributed by atoms with Gasteiger partial charge in [0, 0.05) is 0 Å². The summed E-state index contributed by atoms with van der Waals surface area (Å²) in [6.07, 6.45) is -0.0464. The molecule has 0 saturated carbocycles. The summed E-state index contributed by atoms with van der Waals surface area (Å²) in [7, 11) is -3.25. The van der Waals surface area contributed by atoms with Crippen LogP contribution in [0, 0.1) is 0 Å². The summed E-state index contributed by atoms with van der Waals surface area (Å²) in [5.74, 6) is 0. The minimum atomic E-state index is -3.25. The van der Waals surface area contributed by atoms with Crippen molar-refractivity contribution in [1.29, 1.82) is 0 Å². The fraction of sp³-hybridized carbons (Fsp3) is 0.417. The molecule has 0 heterocycles. The zero-order valence-electron chi connectivity index (χ0n) is 10.6. The molecule has 0 aliphatic heterocycles. The summed E-state index contributed by atoms with van der Waals surface area (Å²) < 4.78 is 22.6. The van der Waals surface area contributed by atoms with Crippen LogP contribution in [-0.2, 0) is 13.6 Å². The Morgan fingerprint density at radius 1 is 1.22 bits per heavy atom. The number of rotatable bonds is 7. The Balaban J connectivity index is 2.88. The smallest absolute Gasteiger partial charge is 0.336 e. The van der Waals surface area contributed by atoms with Gasteiger partial charge in [-0.15, -0.1) is 0 Å². The molecule has 1 aromatic rings. The van der Waals surface area contributed by atoms with Crippen molar-refractivity contribution in [2.45, 2.75) is 13.8 Å². The predicted molar refractivity (Wildman–Crippen MR) is 70.5 cm³/mol. The fourth-order valence-corrected chi connectivity index (χ4v) is 3.17. The van der Waals surface area contributed by atoms with Crippen LogP contribution in [0.2, 0.25) is 0 Å². The lowest BCUT2D eigenvalue weighted by atomic mass is 10.1. The number of hydrogen-bond donors (Lipinski definition) is 1. The normalized spacial score (nSPS) is 12.7. The van der Waals surface area contributed by atoms with Crippen molar-refractivity contribution in [3.8, 4) is 0 Å². The Labute approximate surface area is 107 Å². The quantitative estimate of drug-likeness (QED) is 0.358. The van der Waals surface area contributed by atoms with E-state index >= 15 is 0 Å². The molecule has 0 unspecified atom stereocenters. The van der Waals surface area contributed by atoms with E-state index in [9.17, 15) is 4.57 Å². The summed E-state index contributed by atoms with van der Waals surface area (Å²) in [6.45, 7) is 4.05. The van der Waals surface area contributed by atoms with Crippen LogP contribution < -0.4 is 0 Å². The molecular formula is C12H18NO4P. The Morgan fingerprint density at radius 2 is 1.78 bits per heavy atom. The highest BCUT2D eigenvalue weighted by Crippen LogP contribution is 2.48. The molecule has 0 spiro atoms. The second-order valence-electron chi connectivity index (χ2n) is 3.52. The molecule has 0 radical (unpaired) electrons. The average molecular weight is 271 g/mol. The third kappa shape index (κ3) is 4.26. The SMILES string of the molecule is CCOP(=O)(C/C(=N/O)c1ccccc1)OCC. The van der Waals surface area contributed by atoms with Crippen LogP contribution in [0.25, 0.3) is 0 Å². The van der Waals surface area contributed by atoms with E-state index in [0.29, 0.717) is 11.3 Å². The largest absolute Gasteiger partial charge is 0.411 e. The van der Waals surface area contributed by atoms with Crippen molar-refractivity contribution in [3.05, 3.63) is 35.9 Å². The second kappa shape index (κ2) is 7.31. The van der Waals surface area contributed by atoms with E-state index in [4.69, 9.17) is 14.3 Å². The van der Waals surface area contributed by atoms with Crippen molar-refractivity contribution in [3.63, 3.8) is 0 Å². The highest BCUT2D eigenvalue weighted by atomic mass is 31.2. The highest BCUT2D eigenvalue weighted by Gasteiger charge is 2.27. The average Bonchev–Trinajstić information content (AvgIpc) is 2.38. The van der Waals surface area contributed by atoms with Gasteiger partial charge in [0.1, 0.15) is 0 Å². The van der Waals surface area contributed by atoms with Gasteiger partial charge in [0.05, 0.1) is 25.1 Å². The summed E-state index contributed by atoms with van der Waals surface area (Å²) in [4.78, 5) is 0. The van der Waals surface area contributed by atoms with Gasteiger partial charge in [-0.3, -0.25) is 4.57 Å². The van der Waals surface area contributed by atoms with E-state index in [-0.39, 0.29) is 19.4 Å². The molecule has 0 saturated heterocycles. The van der Waals surface area contributed by atoms with Crippen LogP contribution in [-0.4, -0.2) is 30.3 Å². The fourth-order valence-electron chi connectivity index (χ4n) is 1.52. The third-order valence-electron chi connectivity index (χ3n) is 2.22. The van der Waals surface area contributed by atoms with Gasteiger partial charge in [-0.05, 0) is 19.4 Å². The van der Waals surface area contributed by atoms with E-state index in [0.717, 1.165) is 0 Å². The molecule has 0 bridgehead atoms. The van der Waals surface area contributed by atoms with Crippen molar-refractivity contribution in [2.24, 2.45) is 5.16 Å². The van der Waals surface area contributed by atoms with Crippen LogP contribution in [0.15, 0.2) is 35.5 Å². The van der Waals surface area contributed by atoms with E-state index in [1.807, 2.05) is 18.2 Å². The van der Waals surface area contributed by atoms with Crippen LogP contribution in [0.3, 0.4) is 0 Å². The molecule has 100 valence electrons. The number of oxime groups is 1. The lowest BCUT2D eigenvalue weighted by Gasteiger charge is -2.17. The Morgan fingerprint density at radius 3 is 2.22 bits per heavy atom. The molecule has 1 rings (SSSR count). The predicted octanol–water partition coefficient (Wildman–Crippen LogP) is 3.13. The molecule has 0 aromatic heterocycles. The highest BCUT2D eigenvalue weighted by molar-refractivity contribution is 7.55. The molecule has 0 fully saturated rings. The molecule has 18 heavy (non-hydrogen) atoms. The molecular weight excluding hydrogens is 253 g/mol. The van der Waals surface area contributed by atoms with Crippen LogP contribution >= 0.6 is 7.60 Å². The van der Waals surface area contributed by atoms with E-state index in [1.54, 1.807) is 26.0 Å². The Hall–Kier alpha value is -1.16. The number of hydrogen-bond acceptors (Lipinski definition) is 5. The zero-order chi connectivity index (χ0) is 13.4. The van der Waals surface area contributed by atoms with Crippen molar-refractivity contribution < 1.29 is 18.8 Å². The monoisotopic (exact) mass is 271 g/mol. The molecule has 6 heteroatoms. The summed E-state index contributed by atoms with van der Waals surface area (Å²) in [5.41, 5.74) is 0.987. The van der Waals surface area contributed by atoms with E-state index < -0.39 is 7.60 Å². The minimum Gasteiger partial charge on any atom is -0.411 e.